The van der Waals surface area contributed by atoms with Crippen LogP contribution in [0.2, 0.25) is 0 Å². The first kappa shape index (κ1) is 13.7. The third-order valence-electron chi connectivity index (χ3n) is 2.70. The van der Waals surface area contributed by atoms with Gasteiger partial charge in [0.1, 0.15) is 0 Å². The van der Waals surface area contributed by atoms with Crippen molar-refractivity contribution < 1.29 is 4.74 Å². The lowest BCUT2D eigenvalue weighted by Crippen LogP contribution is -2.33. The highest BCUT2D eigenvalue weighted by atomic mass is 32.1. The SMILES string of the molecule is CCC(C)NCC(C)OCCc1cccs1. The van der Waals surface area contributed by atoms with E-state index in [4.69, 9.17) is 4.74 Å². The van der Waals surface area contributed by atoms with E-state index in [-0.39, 0.29) is 0 Å². The van der Waals surface area contributed by atoms with Crippen LogP contribution in [0, 0.1) is 0 Å². The van der Waals surface area contributed by atoms with Crippen molar-refractivity contribution >= 4 is 11.3 Å². The van der Waals surface area contributed by atoms with Crippen molar-refractivity contribution in [1.82, 2.24) is 5.32 Å². The van der Waals surface area contributed by atoms with Gasteiger partial charge in [-0.1, -0.05) is 13.0 Å². The van der Waals surface area contributed by atoms with Gasteiger partial charge in [-0.05, 0) is 31.7 Å². The highest BCUT2D eigenvalue weighted by molar-refractivity contribution is 7.09. The molecule has 0 radical (unpaired) electrons. The lowest BCUT2D eigenvalue weighted by atomic mass is 10.2. The molecule has 92 valence electrons. The normalized spacial score (nSPS) is 14.9. The minimum absolute atomic E-state index is 0.300. The molecule has 16 heavy (non-hydrogen) atoms. The maximum atomic E-state index is 5.75. The van der Waals surface area contributed by atoms with Crippen molar-refractivity contribution in [3.8, 4) is 0 Å². The fourth-order valence-electron chi connectivity index (χ4n) is 1.39. The molecule has 1 aromatic rings. The Morgan fingerprint density at radius 2 is 2.25 bits per heavy atom. The molecule has 0 bridgehead atoms. The quantitative estimate of drug-likeness (QED) is 0.755. The molecule has 0 spiro atoms. The highest BCUT2D eigenvalue weighted by Crippen LogP contribution is 2.09. The van der Waals surface area contributed by atoms with Gasteiger partial charge in [0.15, 0.2) is 0 Å². The number of ether oxygens (including phenoxy) is 1. The molecule has 0 aliphatic carbocycles. The van der Waals surface area contributed by atoms with E-state index in [9.17, 15) is 0 Å². The summed E-state index contributed by atoms with van der Waals surface area (Å²) in [6.45, 7) is 8.30. The van der Waals surface area contributed by atoms with E-state index < -0.39 is 0 Å². The van der Waals surface area contributed by atoms with Crippen molar-refractivity contribution in [3.05, 3.63) is 22.4 Å². The predicted octanol–water partition coefficient (Wildman–Crippen LogP) is 3.08. The molecular formula is C13H23NOS. The minimum Gasteiger partial charge on any atom is -0.377 e. The Balaban J connectivity index is 2.04. The van der Waals surface area contributed by atoms with Gasteiger partial charge in [-0.3, -0.25) is 0 Å². The summed E-state index contributed by atoms with van der Waals surface area (Å²) in [4.78, 5) is 1.40. The zero-order valence-corrected chi connectivity index (χ0v) is 11.3. The topological polar surface area (TPSA) is 21.3 Å². The van der Waals surface area contributed by atoms with Crippen molar-refractivity contribution in [2.45, 2.75) is 45.8 Å². The van der Waals surface area contributed by atoms with E-state index in [2.05, 4.69) is 43.6 Å². The Hall–Kier alpha value is -0.380. The number of nitrogens with one attached hydrogen (secondary N) is 1. The number of hydrogen-bond acceptors (Lipinski definition) is 3. The van der Waals surface area contributed by atoms with Crippen LogP contribution >= 0.6 is 11.3 Å². The lowest BCUT2D eigenvalue weighted by Gasteiger charge is -2.17. The second kappa shape index (κ2) is 7.82. The van der Waals surface area contributed by atoms with E-state index in [0.29, 0.717) is 12.1 Å². The summed E-state index contributed by atoms with van der Waals surface area (Å²) in [5, 5.41) is 5.57. The van der Waals surface area contributed by atoms with Gasteiger partial charge in [0.05, 0.1) is 12.7 Å². The third-order valence-corrected chi connectivity index (χ3v) is 3.63. The highest BCUT2D eigenvalue weighted by Gasteiger charge is 2.04. The summed E-state index contributed by atoms with van der Waals surface area (Å²) in [6, 6.07) is 4.84. The maximum absolute atomic E-state index is 5.75. The predicted molar refractivity (Wildman–Crippen MR) is 71.2 cm³/mol. The Kier molecular flexibility index (Phi) is 6.69. The van der Waals surface area contributed by atoms with Gasteiger partial charge >= 0.3 is 0 Å². The second-order valence-corrected chi connectivity index (χ2v) is 5.26. The van der Waals surface area contributed by atoms with Crippen LogP contribution < -0.4 is 5.32 Å². The Morgan fingerprint density at radius 1 is 1.44 bits per heavy atom. The fraction of sp³-hybridized carbons (Fsp3) is 0.692. The van der Waals surface area contributed by atoms with Gasteiger partial charge in [0, 0.05) is 23.9 Å². The molecule has 2 unspecified atom stereocenters. The average Bonchev–Trinajstić information content (AvgIpc) is 2.79. The molecule has 1 aromatic heterocycles. The first-order valence-corrected chi connectivity index (χ1v) is 6.97. The van der Waals surface area contributed by atoms with Gasteiger partial charge < -0.3 is 10.1 Å². The van der Waals surface area contributed by atoms with Crippen LogP contribution in [-0.2, 0) is 11.2 Å². The number of rotatable bonds is 8. The minimum atomic E-state index is 0.300. The largest absolute Gasteiger partial charge is 0.377 e. The molecule has 0 saturated carbocycles. The van der Waals surface area contributed by atoms with Crippen LogP contribution in [0.25, 0.3) is 0 Å². The smallest absolute Gasteiger partial charge is 0.0671 e. The van der Waals surface area contributed by atoms with Crippen LogP contribution in [0.5, 0.6) is 0 Å². The Morgan fingerprint density at radius 3 is 2.88 bits per heavy atom. The summed E-state index contributed by atoms with van der Waals surface area (Å²) < 4.78 is 5.75. The second-order valence-electron chi connectivity index (χ2n) is 4.23. The number of hydrogen-bond donors (Lipinski definition) is 1. The molecule has 1 rings (SSSR count). The van der Waals surface area contributed by atoms with Gasteiger partial charge in [0.2, 0.25) is 0 Å². The van der Waals surface area contributed by atoms with Crippen LogP contribution in [0.3, 0.4) is 0 Å². The third kappa shape index (κ3) is 5.64. The molecule has 3 heteroatoms. The van der Waals surface area contributed by atoms with Crippen molar-refractivity contribution in [2.75, 3.05) is 13.2 Å². The van der Waals surface area contributed by atoms with Crippen LogP contribution in [0.4, 0.5) is 0 Å². The zero-order chi connectivity index (χ0) is 11.8. The van der Waals surface area contributed by atoms with E-state index in [1.165, 1.54) is 11.3 Å². The van der Waals surface area contributed by atoms with Crippen molar-refractivity contribution in [2.24, 2.45) is 0 Å². The first-order chi connectivity index (χ1) is 7.72. The van der Waals surface area contributed by atoms with Crippen LogP contribution in [-0.4, -0.2) is 25.3 Å². The average molecular weight is 241 g/mol. The van der Waals surface area contributed by atoms with E-state index in [0.717, 1.165) is 19.6 Å². The molecular weight excluding hydrogens is 218 g/mol. The molecule has 1 heterocycles. The van der Waals surface area contributed by atoms with Crippen LogP contribution in [0.15, 0.2) is 17.5 Å². The molecule has 0 saturated heterocycles. The fourth-order valence-corrected chi connectivity index (χ4v) is 2.08. The van der Waals surface area contributed by atoms with E-state index >= 15 is 0 Å². The first-order valence-electron chi connectivity index (χ1n) is 6.09. The molecule has 2 atom stereocenters. The van der Waals surface area contributed by atoms with Gasteiger partial charge in [0.25, 0.3) is 0 Å². The van der Waals surface area contributed by atoms with Gasteiger partial charge in [-0.25, -0.2) is 0 Å². The molecule has 0 aliphatic heterocycles. The Labute approximate surface area is 103 Å². The van der Waals surface area contributed by atoms with Crippen molar-refractivity contribution in [3.63, 3.8) is 0 Å². The lowest BCUT2D eigenvalue weighted by molar-refractivity contribution is 0.0668. The number of thiophene rings is 1. The van der Waals surface area contributed by atoms with E-state index in [1.54, 1.807) is 11.3 Å². The molecule has 0 amide bonds. The summed E-state index contributed by atoms with van der Waals surface area (Å²) >= 11 is 1.80. The zero-order valence-electron chi connectivity index (χ0n) is 10.5. The molecule has 1 N–H and O–H groups in total. The van der Waals surface area contributed by atoms with Crippen molar-refractivity contribution in [1.29, 1.82) is 0 Å². The molecule has 0 aromatic carbocycles. The molecule has 0 aliphatic rings. The summed E-state index contributed by atoms with van der Waals surface area (Å²) in [7, 11) is 0. The van der Waals surface area contributed by atoms with Gasteiger partial charge in [-0.15, -0.1) is 11.3 Å². The summed E-state index contributed by atoms with van der Waals surface area (Å²) in [6.07, 6.45) is 2.50. The van der Waals surface area contributed by atoms with Gasteiger partial charge in [-0.2, -0.15) is 0 Å². The molecule has 0 fully saturated rings. The van der Waals surface area contributed by atoms with E-state index in [1.807, 2.05) is 0 Å². The monoisotopic (exact) mass is 241 g/mol. The summed E-state index contributed by atoms with van der Waals surface area (Å²) in [5.74, 6) is 0. The van der Waals surface area contributed by atoms with Crippen LogP contribution in [0.1, 0.15) is 32.1 Å². The maximum Gasteiger partial charge on any atom is 0.0671 e. The molecule has 2 nitrogen and oxygen atoms in total. The summed E-state index contributed by atoms with van der Waals surface area (Å²) in [5.41, 5.74) is 0. The standard InChI is InChI=1S/C13H23NOS/c1-4-11(2)14-10-12(3)15-8-7-13-6-5-9-16-13/h5-6,9,11-12,14H,4,7-8,10H2,1-3H3. The Bertz CT molecular complexity index is 261.